The second-order valence-electron chi connectivity index (χ2n) is 3.35. The zero-order valence-electron chi connectivity index (χ0n) is 9.24. The lowest BCUT2D eigenvalue weighted by atomic mass is 10.2. The highest BCUT2D eigenvalue weighted by molar-refractivity contribution is 6.02. The summed E-state index contributed by atoms with van der Waals surface area (Å²) in [4.78, 5) is 21.9. The van der Waals surface area contributed by atoms with Crippen LogP contribution in [0.4, 0.5) is 5.69 Å². The second kappa shape index (κ2) is 5.11. The van der Waals surface area contributed by atoms with Crippen molar-refractivity contribution in [2.24, 2.45) is 0 Å². The molecule has 0 fully saturated rings. The Morgan fingerprint density at radius 1 is 1.19 bits per heavy atom. The molecule has 1 aromatic carbocycles. The van der Waals surface area contributed by atoms with Crippen molar-refractivity contribution in [3.8, 4) is 5.75 Å². The molecule has 0 spiro atoms. The number of nitrogens with one attached hydrogen (secondary N) is 1. The lowest BCUT2D eigenvalue weighted by molar-refractivity contribution is -0.131. The van der Waals surface area contributed by atoms with Crippen LogP contribution >= 0.6 is 0 Å². The number of hydrogen-bond donors (Lipinski definition) is 1. The highest BCUT2D eigenvalue weighted by Crippen LogP contribution is 2.16. The van der Waals surface area contributed by atoms with Crippen LogP contribution in [0.2, 0.25) is 0 Å². The molecule has 1 rings (SSSR count). The Morgan fingerprint density at radius 3 is 2.19 bits per heavy atom. The number of hydrogen-bond acceptors (Lipinski definition) is 3. The van der Waals surface area contributed by atoms with Crippen LogP contribution in [0, 0.1) is 0 Å². The highest BCUT2D eigenvalue weighted by Gasteiger charge is 2.03. The van der Waals surface area contributed by atoms with Gasteiger partial charge in [-0.1, -0.05) is 6.58 Å². The normalized spacial score (nSPS) is 9.38. The van der Waals surface area contributed by atoms with E-state index in [1.165, 1.54) is 6.92 Å². The molecule has 1 aromatic rings. The highest BCUT2D eigenvalue weighted by atomic mass is 16.5. The van der Waals surface area contributed by atoms with Gasteiger partial charge in [0.05, 0.1) is 0 Å². The summed E-state index contributed by atoms with van der Waals surface area (Å²) in [6.07, 6.45) is 0. The molecule has 0 bridgehead atoms. The standard InChI is InChI=1S/C12H13NO3/c1-8(2)12(15)13-10-4-6-11(7-5-10)16-9(3)14/h4-7H,1H2,2-3H3,(H,13,15). The topological polar surface area (TPSA) is 55.4 Å². The van der Waals surface area contributed by atoms with Gasteiger partial charge in [-0.25, -0.2) is 0 Å². The fraction of sp³-hybridized carbons (Fsp3) is 0.167. The van der Waals surface area contributed by atoms with Gasteiger partial charge in [-0.15, -0.1) is 0 Å². The van der Waals surface area contributed by atoms with Gasteiger partial charge in [-0.2, -0.15) is 0 Å². The Hall–Kier alpha value is -2.10. The first kappa shape index (κ1) is 12.0. The minimum Gasteiger partial charge on any atom is -0.427 e. The van der Waals surface area contributed by atoms with Crippen molar-refractivity contribution >= 4 is 17.6 Å². The molecule has 1 N–H and O–H groups in total. The van der Waals surface area contributed by atoms with Crippen LogP contribution in [-0.4, -0.2) is 11.9 Å². The van der Waals surface area contributed by atoms with Crippen LogP contribution in [0.5, 0.6) is 5.75 Å². The molecular formula is C12H13NO3. The first-order valence-corrected chi connectivity index (χ1v) is 4.74. The minimum atomic E-state index is -0.376. The summed E-state index contributed by atoms with van der Waals surface area (Å²) in [5, 5.41) is 2.64. The molecule has 0 aliphatic rings. The maximum absolute atomic E-state index is 11.3. The molecule has 0 unspecified atom stereocenters. The van der Waals surface area contributed by atoms with E-state index in [2.05, 4.69) is 11.9 Å². The summed E-state index contributed by atoms with van der Waals surface area (Å²) in [7, 11) is 0. The van der Waals surface area contributed by atoms with E-state index in [0.29, 0.717) is 17.0 Å². The van der Waals surface area contributed by atoms with Crippen molar-refractivity contribution in [1.29, 1.82) is 0 Å². The Morgan fingerprint density at radius 2 is 1.75 bits per heavy atom. The van der Waals surface area contributed by atoms with Crippen molar-refractivity contribution in [3.05, 3.63) is 36.4 Å². The molecule has 0 aliphatic carbocycles. The quantitative estimate of drug-likeness (QED) is 0.481. The smallest absolute Gasteiger partial charge is 0.308 e. The minimum absolute atomic E-state index is 0.236. The molecule has 0 aromatic heterocycles. The van der Waals surface area contributed by atoms with Crippen LogP contribution < -0.4 is 10.1 Å². The zero-order valence-corrected chi connectivity index (χ0v) is 9.24. The molecule has 0 saturated carbocycles. The van der Waals surface area contributed by atoms with E-state index in [0.717, 1.165) is 0 Å². The van der Waals surface area contributed by atoms with Crippen molar-refractivity contribution in [2.45, 2.75) is 13.8 Å². The number of carbonyl (C=O) groups is 2. The number of carbonyl (C=O) groups excluding carboxylic acids is 2. The number of benzene rings is 1. The molecule has 0 atom stereocenters. The predicted molar refractivity (Wildman–Crippen MR) is 61.2 cm³/mol. The molecule has 16 heavy (non-hydrogen) atoms. The van der Waals surface area contributed by atoms with E-state index in [9.17, 15) is 9.59 Å². The molecule has 84 valence electrons. The van der Waals surface area contributed by atoms with Crippen LogP contribution in [0.1, 0.15) is 13.8 Å². The van der Waals surface area contributed by atoms with E-state index >= 15 is 0 Å². The van der Waals surface area contributed by atoms with Crippen LogP contribution in [-0.2, 0) is 9.59 Å². The van der Waals surface area contributed by atoms with Crippen molar-refractivity contribution in [1.82, 2.24) is 0 Å². The zero-order chi connectivity index (χ0) is 12.1. The average Bonchev–Trinajstić information content (AvgIpc) is 2.20. The van der Waals surface area contributed by atoms with Crippen molar-refractivity contribution < 1.29 is 14.3 Å². The number of esters is 1. The summed E-state index contributed by atoms with van der Waals surface area (Å²) >= 11 is 0. The molecular weight excluding hydrogens is 206 g/mol. The Labute approximate surface area is 93.9 Å². The summed E-state index contributed by atoms with van der Waals surface area (Å²) < 4.78 is 4.85. The number of amides is 1. The van der Waals surface area contributed by atoms with Crippen LogP contribution in [0.25, 0.3) is 0 Å². The fourth-order valence-electron chi connectivity index (χ4n) is 1.01. The number of ether oxygens (including phenoxy) is 1. The Bertz CT molecular complexity index is 420. The Balaban J connectivity index is 2.68. The van der Waals surface area contributed by atoms with E-state index in [1.807, 2.05) is 0 Å². The van der Waals surface area contributed by atoms with Crippen LogP contribution in [0.15, 0.2) is 36.4 Å². The first-order valence-electron chi connectivity index (χ1n) is 4.74. The monoisotopic (exact) mass is 219 g/mol. The second-order valence-corrected chi connectivity index (χ2v) is 3.35. The summed E-state index contributed by atoms with van der Waals surface area (Å²) in [6.45, 7) is 6.48. The third-order valence-electron chi connectivity index (χ3n) is 1.76. The first-order chi connectivity index (χ1) is 7.49. The molecule has 1 amide bonds. The van der Waals surface area contributed by atoms with Gasteiger partial charge in [0.2, 0.25) is 0 Å². The predicted octanol–water partition coefficient (Wildman–Crippen LogP) is 2.13. The van der Waals surface area contributed by atoms with Gasteiger partial charge < -0.3 is 10.1 Å². The maximum atomic E-state index is 11.3. The fourth-order valence-corrected chi connectivity index (χ4v) is 1.01. The van der Waals surface area contributed by atoms with E-state index in [1.54, 1.807) is 31.2 Å². The van der Waals surface area contributed by atoms with Crippen molar-refractivity contribution in [2.75, 3.05) is 5.32 Å². The van der Waals surface area contributed by atoms with Gasteiger partial charge in [0.15, 0.2) is 0 Å². The average molecular weight is 219 g/mol. The summed E-state index contributed by atoms with van der Waals surface area (Å²) in [5.74, 6) is -0.167. The van der Waals surface area contributed by atoms with Gasteiger partial charge in [0.25, 0.3) is 5.91 Å². The maximum Gasteiger partial charge on any atom is 0.308 e. The third kappa shape index (κ3) is 3.57. The Kier molecular flexibility index (Phi) is 3.83. The summed E-state index contributed by atoms with van der Waals surface area (Å²) in [6, 6.07) is 6.52. The van der Waals surface area contributed by atoms with E-state index in [-0.39, 0.29) is 11.9 Å². The van der Waals surface area contributed by atoms with Gasteiger partial charge in [0, 0.05) is 18.2 Å². The number of anilines is 1. The SMILES string of the molecule is C=C(C)C(=O)Nc1ccc(OC(C)=O)cc1. The molecule has 4 nitrogen and oxygen atoms in total. The van der Waals surface area contributed by atoms with Gasteiger partial charge in [-0.05, 0) is 31.2 Å². The largest absolute Gasteiger partial charge is 0.427 e. The molecule has 4 heteroatoms. The molecule has 0 aliphatic heterocycles. The van der Waals surface area contributed by atoms with E-state index < -0.39 is 0 Å². The van der Waals surface area contributed by atoms with Gasteiger partial charge >= 0.3 is 5.97 Å². The molecule has 0 heterocycles. The van der Waals surface area contributed by atoms with Crippen LogP contribution in [0.3, 0.4) is 0 Å². The number of rotatable bonds is 3. The lowest BCUT2D eigenvalue weighted by Gasteiger charge is -2.05. The van der Waals surface area contributed by atoms with Crippen molar-refractivity contribution in [3.63, 3.8) is 0 Å². The lowest BCUT2D eigenvalue weighted by Crippen LogP contribution is -2.11. The third-order valence-corrected chi connectivity index (χ3v) is 1.76. The molecule has 0 radical (unpaired) electrons. The van der Waals surface area contributed by atoms with Gasteiger partial charge in [0.1, 0.15) is 5.75 Å². The van der Waals surface area contributed by atoms with Gasteiger partial charge in [-0.3, -0.25) is 9.59 Å². The van der Waals surface area contributed by atoms with E-state index in [4.69, 9.17) is 4.74 Å². The molecule has 0 saturated heterocycles. The summed E-state index contributed by atoms with van der Waals surface area (Å²) in [5.41, 5.74) is 1.06.